The second kappa shape index (κ2) is 10.2. The molecule has 0 saturated carbocycles. The maximum atomic E-state index is 12.2. The van der Waals surface area contributed by atoms with Crippen molar-refractivity contribution < 1.29 is 27.4 Å². The molecule has 1 atom stereocenters. The van der Waals surface area contributed by atoms with Gasteiger partial charge in [-0.1, -0.05) is 6.07 Å². The van der Waals surface area contributed by atoms with E-state index in [0.717, 1.165) is 5.56 Å². The number of carbonyl (C=O) groups is 1. The first-order valence-electron chi connectivity index (χ1n) is 7.11. The fourth-order valence-electron chi connectivity index (χ4n) is 1.81. The molecule has 0 radical (unpaired) electrons. The maximum absolute atomic E-state index is 12.2. The summed E-state index contributed by atoms with van der Waals surface area (Å²) in [4.78, 5) is 11.7. The van der Waals surface area contributed by atoms with Crippen LogP contribution in [-0.4, -0.2) is 38.4 Å². The number of amides is 1. The van der Waals surface area contributed by atoms with Crippen molar-refractivity contribution in [3.8, 4) is 11.5 Å². The molecule has 0 unspecified atom stereocenters. The molecule has 3 N–H and O–H groups in total. The molecule has 0 bridgehead atoms. The van der Waals surface area contributed by atoms with Crippen LogP contribution in [0.25, 0.3) is 0 Å². The van der Waals surface area contributed by atoms with E-state index in [0.29, 0.717) is 13.0 Å². The van der Waals surface area contributed by atoms with E-state index in [4.69, 9.17) is 15.2 Å². The minimum Gasteiger partial charge on any atom is -0.493 e. The maximum Gasteiger partial charge on any atom is 0.422 e. The molecule has 138 valence electrons. The Labute approximate surface area is 145 Å². The third-order valence-corrected chi connectivity index (χ3v) is 3.02. The van der Waals surface area contributed by atoms with Gasteiger partial charge in [-0.2, -0.15) is 13.2 Å². The molecule has 0 aliphatic carbocycles. The van der Waals surface area contributed by atoms with E-state index in [1.54, 1.807) is 19.1 Å². The Bertz CT molecular complexity index is 527. The number of carbonyl (C=O) groups excluding carboxylic acids is 1. The fourth-order valence-corrected chi connectivity index (χ4v) is 1.81. The van der Waals surface area contributed by atoms with Gasteiger partial charge in [-0.3, -0.25) is 4.79 Å². The first kappa shape index (κ1) is 22.3. The minimum absolute atomic E-state index is 0. The zero-order chi connectivity index (χ0) is 17.5. The number of methoxy groups -OCH3 is 1. The molecule has 1 rings (SSSR count). The molecule has 5 nitrogen and oxygen atoms in total. The number of halogens is 4. The average Bonchev–Trinajstić information content (AvgIpc) is 2.50. The number of benzene rings is 1. The van der Waals surface area contributed by atoms with E-state index in [-0.39, 0.29) is 42.3 Å². The number of ether oxygens (including phenoxy) is 2. The number of hydrogen-bond donors (Lipinski definition) is 2. The number of nitrogens with two attached hydrogens (primary N) is 1. The molecule has 0 fully saturated rings. The van der Waals surface area contributed by atoms with Gasteiger partial charge >= 0.3 is 6.18 Å². The summed E-state index contributed by atoms with van der Waals surface area (Å²) >= 11 is 0. The van der Waals surface area contributed by atoms with Crippen molar-refractivity contribution in [1.29, 1.82) is 0 Å². The summed E-state index contributed by atoms with van der Waals surface area (Å²) < 4.78 is 46.3. The molecule has 1 aromatic carbocycles. The van der Waals surface area contributed by atoms with Gasteiger partial charge in [0, 0.05) is 19.0 Å². The van der Waals surface area contributed by atoms with Crippen LogP contribution in [0.5, 0.6) is 11.5 Å². The van der Waals surface area contributed by atoms with Crippen LogP contribution in [0, 0.1) is 0 Å². The van der Waals surface area contributed by atoms with Crippen molar-refractivity contribution in [2.75, 3.05) is 20.3 Å². The van der Waals surface area contributed by atoms with Crippen LogP contribution in [0.15, 0.2) is 18.2 Å². The van der Waals surface area contributed by atoms with Gasteiger partial charge in [0.1, 0.15) is 0 Å². The Morgan fingerprint density at radius 3 is 2.54 bits per heavy atom. The second-order valence-electron chi connectivity index (χ2n) is 5.09. The van der Waals surface area contributed by atoms with E-state index in [1.165, 1.54) is 13.2 Å². The third kappa shape index (κ3) is 8.26. The highest BCUT2D eigenvalue weighted by Crippen LogP contribution is 2.30. The number of rotatable bonds is 8. The second-order valence-corrected chi connectivity index (χ2v) is 5.09. The molecule has 24 heavy (non-hydrogen) atoms. The normalized spacial score (nSPS) is 12.1. The predicted molar refractivity (Wildman–Crippen MR) is 86.8 cm³/mol. The monoisotopic (exact) mass is 370 g/mol. The molecule has 9 heteroatoms. The molecule has 0 aromatic heterocycles. The lowest BCUT2D eigenvalue weighted by Gasteiger charge is -2.14. The SMILES string of the molecule is COc1cc(CCC(=O)N[C@@H](C)CN)ccc1OCC(F)(F)F.Cl. The highest BCUT2D eigenvalue weighted by atomic mass is 35.5. The summed E-state index contributed by atoms with van der Waals surface area (Å²) in [5.74, 6) is 0.0663. The lowest BCUT2D eigenvalue weighted by molar-refractivity contribution is -0.153. The van der Waals surface area contributed by atoms with Crippen molar-refractivity contribution in [2.45, 2.75) is 32.0 Å². The van der Waals surface area contributed by atoms with E-state index < -0.39 is 12.8 Å². The molecule has 0 aliphatic heterocycles. The van der Waals surface area contributed by atoms with Gasteiger partial charge < -0.3 is 20.5 Å². The highest BCUT2D eigenvalue weighted by molar-refractivity contribution is 5.85. The van der Waals surface area contributed by atoms with Crippen molar-refractivity contribution in [3.63, 3.8) is 0 Å². The first-order chi connectivity index (χ1) is 10.7. The van der Waals surface area contributed by atoms with Crippen LogP contribution in [0.3, 0.4) is 0 Å². The minimum atomic E-state index is -4.42. The number of alkyl halides is 3. The Morgan fingerprint density at radius 2 is 2.00 bits per heavy atom. The largest absolute Gasteiger partial charge is 0.493 e. The van der Waals surface area contributed by atoms with Crippen LogP contribution in [0.1, 0.15) is 18.9 Å². The Balaban J connectivity index is 0.00000529. The van der Waals surface area contributed by atoms with Crippen LogP contribution in [-0.2, 0) is 11.2 Å². The summed E-state index contributed by atoms with van der Waals surface area (Å²) in [5.41, 5.74) is 6.18. The zero-order valence-corrected chi connectivity index (χ0v) is 14.3. The lowest BCUT2D eigenvalue weighted by Crippen LogP contribution is -2.37. The molecule has 1 aromatic rings. The van der Waals surface area contributed by atoms with Crippen LogP contribution >= 0.6 is 12.4 Å². The Morgan fingerprint density at radius 1 is 1.33 bits per heavy atom. The van der Waals surface area contributed by atoms with Gasteiger partial charge in [0.25, 0.3) is 0 Å². The number of nitrogens with one attached hydrogen (secondary N) is 1. The van der Waals surface area contributed by atoms with Gasteiger partial charge in [-0.05, 0) is 31.0 Å². The number of hydrogen-bond acceptors (Lipinski definition) is 4. The van der Waals surface area contributed by atoms with Crippen molar-refractivity contribution in [3.05, 3.63) is 23.8 Å². The summed E-state index contributed by atoms with van der Waals surface area (Å²) in [5, 5.41) is 2.73. The zero-order valence-electron chi connectivity index (χ0n) is 13.5. The average molecular weight is 371 g/mol. The van der Waals surface area contributed by atoms with Crippen molar-refractivity contribution in [2.24, 2.45) is 5.73 Å². The molecule has 1 amide bonds. The van der Waals surface area contributed by atoms with Gasteiger partial charge in [0.2, 0.25) is 5.91 Å². The van der Waals surface area contributed by atoms with Gasteiger partial charge in [-0.25, -0.2) is 0 Å². The van der Waals surface area contributed by atoms with E-state index in [2.05, 4.69) is 5.32 Å². The van der Waals surface area contributed by atoms with Gasteiger partial charge in [0.15, 0.2) is 18.1 Å². The molecule has 0 spiro atoms. The Kier molecular flexibility index (Phi) is 9.53. The quantitative estimate of drug-likeness (QED) is 0.737. The summed E-state index contributed by atoms with van der Waals surface area (Å²) in [6.07, 6.45) is -3.74. The standard InChI is InChI=1S/C15H21F3N2O3.ClH/c1-10(8-19)20-14(21)6-4-11-3-5-12(13(7-11)22-2)23-9-15(16,17)18;/h3,5,7,10H,4,6,8-9,19H2,1-2H3,(H,20,21);1H/t10-;/m0./s1. The predicted octanol–water partition coefficient (Wildman–Crippen LogP) is 2.45. The van der Waals surface area contributed by atoms with E-state index >= 15 is 0 Å². The molecular weight excluding hydrogens is 349 g/mol. The molecular formula is C15H22ClF3N2O3. The topological polar surface area (TPSA) is 73.6 Å². The first-order valence-corrected chi connectivity index (χ1v) is 7.11. The van der Waals surface area contributed by atoms with Crippen LogP contribution in [0.2, 0.25) is 0 Å². The van der Waals surface area contributed by atoms with Crippen molar-refractivity contribution >= 4 is 18.3 Å². The molecule has 0 saturated heterocycles. The molecule has 0 aliphatic rings. The van der Waals surface area contributed by atoms with Crippen molar-refractivity contribution in [1.82, 2.24) is 5.32 Å². The fraction of sp³-hybridized carbons (Fsp3) is 0.533. The number of aryl methyl sites for hydroxylation is 1. The lowest BCUT2D eigenvalue weighted by atomic mass is 10.1. The van der Waals surface area contributed by atoms with Crippen LogP contribution < -0.4 is 20.5 Å². The van der Waals surface area contributed by atoms with E-state index in [1.807, 2.05) is 0 Å². The molecule has 0 heterocycles. The summed E-state index contributed by atoms with van der Waals surface area (Å²) in [6.45, 7) is 0.764. The Hall–Kier alpha value is -1.67. The van der Waals surface area contributed by atoms with E-state index in [9.17, 15) is 18.0 Å². The van der Waals surface area contributed by atoms with Gasteiger partial charge in [0.05, 0.1) is 7.11 Å². The highest BCUT2D eigenvalue weighted by Gasteiger charge is 2.29. The smallest absolute Gasteiger partial charge is 0.422 e. The summed E-state index contributed by atoms with van der Waals surface area (Å²) in [6, 6.07) is 4.47. The third-order valence-electron chi connectivity index (χ3n) is 3.02. The van der Waals surface area contributed by atoms with Gasteiger partial charge in [-0.15, -0.1) is 12.4 Å². The summed E-state index contributed by atoms with van der Waals surface area (Å²) in [7, 11) is 1.34. The van der Waals surface area contributed by atoms with Crippen LogP contribution in [0.4, 0.5) is 13.2 Å².